The number of aliphatic hydroxyl groups excluding tert-OH is 3. The van der Waals surface area contributed by atoms with Gasteiger partial charge in [0, 0.05) is 6.42 Å². The van der Waals surface area contributed by atoms with Gasteiger partial charge in [0.2, 0.25) is 11.6 Å². The number of amides is 1. The minimum atomic E-state index is -2.53. The summed E-state index contributed by atoms with van der Waals surface area (Å²) >= 11 is 0. The van der Waals surface area contributed by atoms with Gasteiger partial charge in [-0.25, -0.2) is 4.79 Å². The first-order chi connectivity index (χ1) is 17.0. The van der Waals surface area contributed by atoms with Crippen molar-refractivity contribution in [1.82, 2.24) is 10.6 Å². The lowest BCUT2D eigenvalue weighted by Crippen LogP contribution is -2.60. The van der Waals surface area contributed by atoms with Gasteiger partial charge in [0.25, 0.3) is 0 Å². The summed E-state index contributed by atoms with van der Waals surface area (Å²) in [4.78, 5) is 60.9. The summed E-state index contributed by atoms with van der Waals surface area (Å²) in [6, 6.07) is -1.98. The lowest BCUT2D eigenvalue weighted by atomic mass is 9.87. The van der Waals surface area contributed by atoms with Crippen LogP contribution < -0.4 is 22.1 Å². The minimum absolute atomic E-state index is 0.0127. The number of nitrogens with two attached hydrogens (primary N) is 2. The monoisotopic (exact) mass is 518 g/mol. The van der Waals surface area contributed by atoms with Gasteiger partial charge in [0.1, 0.15) is 18.2 Å². The van der Waals surface area contributed by atoms with Crippen molar-refractivity contribution < 1.29 is 53.9 Å². The zero-order chi connectivity index (χ0) is 27.0. The Morgan fingerprint density at radius 3 is 2.39 bits per heavy atom. The number of Topliss-reactive ketones (excluding diaryl/α,β-unsaturated/α-hetero) is 1. The number of ether oxygens (including phenoxy) is 2. The molecule has 2 rings (SSSR count). The molecular weight excluding hydrogens is 484 g/mol. The van der Waals surface area contributed by atoms with Crippen LogP contribution in [0.15, 0.2) is 0 Å². The van der Waals surface area contributed by atoms with Gasteiger partial charge in [0.15, 0.2) is 24.3 Å². The van der Waals surface area contributed by atoms with Crippen LogP contribution in [0.1, 0.15) is 32.1 Å². The molecule has 2 heterocycles. The minimum Gasteiger partial charge on any atom is -0.452 e. The molecule has 0 saturated carbocycles. The fraction of sp³-hybridized carbons (Fsp3) is 0.762. The first-order valence-electron chi connectivity index (χ1n) is 11.6. The Kier molecular flexibility index (Phi) is 10.8. The highest BCUT2D eigenvalue weighted by atomic mass is 16.6. The number of aliphatic hydroxyl groups is 4. The Hall–Kier alpha value is -2.53. The van der Waals surface area contributed by atoms with Gasteiger partial charge in [-0.2, -0.15) is 0 Å². The average molecular weight is 519 g/mol. The molecule has 2 fully saturated rings. The predicted octanol–water partition coefficient (Wildman–Crippen LogP) is -5.06. The van der Waals surface area contributed by atoms with Crippen molar-refractivity contribution in [2.45, 2.75) is 74.3 Å². The molecule has 15 heteroatoms. The molecule has 0 spiro atoms. The first kappa shape index (κ1) is 29.7. The van der Waals surface area contributed by atoms with E-state index in [-0.39, 0.29) is 32.1 Å². The molecule has 0 radical (unpaired) electrons. The number of esters is 2. The van der Waals surface area contributed by atoms with Gasteiger partial charge >= 0.3 is 11.9 Å². The Bertz CT molecular complexity index is 822. The molecule has 36 heavy (non-hydrogen) atoms. The van der Waals surface area contributed by atoms with E-state index in [2.05, 4.69) is 10.6 Å². The number of rotatable bonds is 14. The molecule has 10 N–H and O–H groups in total. The van der Waals surface area contributed by atoms with Crippen LogP contribution >= 0.6 is 0 Å². The molecule has 0 bridgehead atoms. The van der Waals surface area contributed by atoms with Gasteiger partial charge in [0.05, 0.1) is 18.6 Å². The molecular formula is C21H34N4O11. The summed E-state index contributed by atoms with van der Waals surface area (Å²) in [5.41, 5.74) is 8.09. The second-order valence-electron chi connectivity index (χ2n) is 8.85. The fourth-order valence-electron chi connectivity index (χ4n) is 4.15. The van der Waals surface area contributed by atoms with Gasteiger partial charge in [-0.3, -0.25) is 24.5 Å². The summed E-state index contributed by atoms with van der Waals surface area (Å²) in [5.74, 6) is -5.07. The summed E-state index contributed by atoms with van der Waals surface area (Å²) in [6.07, 6.45) is -7.39. The van der Waals surface area contributed by atoms with Crippen molar-refractivity contribution >= 4 is 29.9 Å². The maximum Gasteiger partial charge on any atom is 0.354 e. The van der Waals surface area contributed by atoms with Crippen LogP contribution in [0.4, 0.5) is 0 Å². The molecule has 1 amide bonds. The van der Waals surface area contributed by atoms with E-state index in [1.54, 1.807) is 0 Å². The van der Waals surface area contributed by atoms with Crippen LogP contribution in [-0.4, -0.2) is 112 Å². The third kappa shape index (κ3) is 7.03. The quantitative estimate of drug-likeness (QED) is 0.0790. The van der Waals surface area contributed by atoms with Crippen LogP contribution in [0.5, 0.6) is 0 Å². The van der Waals surface area contributed by atoms with E-state index in [0.29, 0.717) is 13.0 Å². The molecule has 204 valence electrons. The van der Waals surface area contributed by atoms with Gasteiger partial charge in [-0.15, -0.1) is 0 Å². The SMILES string of the molecule is NC(=O)CC[C@H](N)C(=O)O[C@H](C=O)[C@@H](OC(=O)[C@@]1(O)NCCC1C(=O)[C@@H]1CCCN1)[C@H](O)[C@H](O)CO. The van der Waals surface area contributed by atoms with Crippen molar-refractivity contribution in [2.24, 2.45) is 17.4 Å². The van der Waals surface area contributed by atoms with E-state index in [9.17, 15) is 44.4 Å². The van der Waals surface area contributed by atoms with Crippen LogP contribution in [0.2, 0.25) is 0 Å². The number of nitrogens with one attached hydrogen (secondary N) is 2. The van der Waals surface area contributed by atoms with E-state index in [4.69, 9.17) is 20.9 Å². The number of carbonyl (C=O) groups is 5. The molecule has 15 nitrogen and oxygen atoms in total. The van der Waals surface area contributed by atoms with Crippen molar-refractivity contribution in [3.8, 4) is 0 Å². The largest absolute Gasteiger partial charge is 0.452 e. The van der Waals surface area contributed by atoms with Crippen LogP contribution in [0, 0.1) is 5.92 Å². The second-order valence-corrected chi connectivity index (χ2v) is 8.85. The fourth-order valence-corrected chi connectivity index (χ4v) is 4.15. The lowest BCUT2D eigenvalue weighted by molar-refractivity contribution is -0.202. The maximum absolute atomic E-state index is 13.0. The summed E-state index contributed by atoms with van der Waals surface area (Å²) in [7, 11) is 0. The van der Waals surface area contributed by atoms with Gasteiger partial charge in [-0.05, 0) is 38.8 Å². The predicted molar refractivity (Wildman–Crippen MR) is 118 cm³/mol. The Morgan fingerprint density at radius 2 is 1.83 bits per heavy atom. The standard InChI is InChI=1S/C21H34N4O11/c22-11(3-4-15(23)29)19(32)35-14(9-27)18(17(31)13(28)8-26)36-20(33)21(34)10(5-7-25-21)16(30)12-2-1-6-24-12/h9-14,17-18,24-26,28,31,34H,1-8,22H2,(H2,23,29)/t10?,11-,12-,13+,14+,17+,18+,21+/m0/s1. The molecule has 2 aliphatic heterocycles. The molecule has 0 aromatic rings. The first-order valence-corrected chi connectivity index (χ1v) is 11.6. The lowest BCUT2D eigenvalue weighted by Gasteiger charge is -2.34. The Balaban J connectivity index is 2.22. The highest BCUT2D eigenvalue weighted by molar-refractivity contribution is 5.94. The molecule has 0 aromatic carbocycles. The van der Waals surface area contributed by atoms with E-state index < -0.39 is 78.4 Å². The number of hydrogen-bond acceptors (Lipinski definition) is 14. The maximum atomic E-state index is 13.0. The van der Waals surface area contributed by atoms with Crippen molar-refractivity contribution in [3.63, 3.8) is 0 Å². The topological polar surface area (TPSA) is 261 Å². The van der Waals surface area contributed by atoms with E-state index in [0.717, 1.165) is 6.42 Å². The molecule has 0 aromatic heterocycles. The van der Waals surface area contributed by atoms with E-state index in [1.165, 1.54) is 0 Å². The smallest absolute Gasteiger partial charge is 0.354 e. The Labute approximate surface area is 206 Å². The molecule has 1 unspecified atom stereocenters. The molecule has 8 atom stereocenters. The van der Waals surface area contributed by atoms with Crippen molar-refractivity contribution in [3.05, 3.63) is 0 Å². The summed E-state index contributed by atoms with van der Waals surface area (Å²) in [6.45, 7) is -0.355. The molecule has 2 aliphatic rings. The van der Waals surface area contributed by atoms with Gasteiger partial charge < -0.3 is 46.7 Å². The normalized spacial score (nSPS) is 27.9. The second kappa shape index (κ2) is 13.1. The van der Waals surface area contributed by atoms with Crippen molar-refractivity contribution in [1.29, 1.82) is 0 Å². The third-order valence-corrected chi connectivity index (χ3v) is 6.27. The van der Waals surface area contributed by atoms with Crippen LogP contribution in [-0.2, 0) is 33.4 Å². The molecule has 2 saturated heterocycles. The summed E-state index contributed by atoms with van der Waals surface area (Å²) < 4.78 is 10.1. The number of ketones is 1. The van der Waals surface area contributed by atoms with Gasteiger partial charge in [-0.1, -0.05) is 0 Å². The van der Waals surface area contributed by atoms with Crippen LogP contribution in [0.3, 0.4) is 0 Å². The number of hydrogen-bond donors (Lipinski definition) is 8. The van der Waals surface area contributed by atoms with E-state index in [1.807, 2.05) is 0 Å². The number of aldehydes is 1. The highest BCUT2D eigenvalue weighted by Crippen LogP contribution is 2.30. The van der Waals surface area contributed by atoms with Crippen LogP contribution in [0.25, 0.3) is 0 Å². The van der Waals surface area contributed by atoms with Crippen molar-refractivity contribution in [2.75, 3.05) is 19.7 Å². The molecule has 0 aliphatic carbocycles. The zero-order valence-corrected chi connectivity index (χ0v) is 19.6. The number of primary amides is 1. The highest BCUT2D eigenvalue weighted by Gasteiger charge is 2.55. The summed E-state index contributed by atoms with van der Waals surface area (Å²) in [5, 5.41) is 46.0. The third-order valence-electron chi connectivity index (χ3n) is 6.27. The number of carbonyl (C=O) groups excluding carboxylic acids is 5. The van der Waals surface area contributed by atoms with E-state index >= 15 is 0 Å². The average Bonchev–Trinajstić information content (AvgIpc) is 3.53. The zero-order valence-electron chi connectivity index (χ0n) is 19.6. The Morgan fingerprint density at radius 1 is 1.14 bits per heavy atom.